The van der Waals surface area contributed by atoms with Gasteiger partial charge in [0.15, 0.2) is 11.9 Å². The highest BCUT2D eigenvalue weighted by Crippen LogP contribution is 2.33. The summed E-state index contributed by atoms with van der Waals surface area (Å²) < 4.78 is 5.60. The van der Waals surface area contributed by atoms with Crippen LogP contribution in [-0.2, 0) is 11.2 Å². The lowest BCUT2D eigenvalue weighted by molar-refractivity contribution is -0.122. The van der Waals surface area contributed by atoms with Gasteiger partial charge in [-0.3, -0.25) is 9.59 Å². The molecule has 1 unspecified atom stereocenters. The molecule has 2 rings (SSSR count). The molecule has 1 aromatic heterocycles. The zero-order valence-electron chi connectivity index (χ0n) is 15.1. The van der Waals surface area contributed by atoms with E-state index in [4.69, 9.17) is 4.74 Å². The van der Waals surface area contributed by atoms with Crippen molar-refractivity contribution in [2.45, 2.75) is 40.2 Å². The van der Waals surface area contributed by atoms with Gasteiger partial charge in [0.05, 0.1) is 5.56 Å². The number of rotatable bonds is 7. The predicted octanol–water partition coefficient (Wildman–Crippen LogP) is 3.93. The summed E-state index contributed by atoms with van der Waals surface area (Å²) in [5.74, 6) is -1.22. The number of Topliss-reactive ketones (excluding diaryl/α,β-unsaturated/α-hetero) is 1. The van der Waals surface area contributed by atoms with Crippen LogP contribution >= 0.6 is 11.3 Å². The van der Waals surface area contributed by atoms with Gasteiger partial charge >= 0.3 is 5.97 Å². The number of carboxylic acid groups (broad SMARTS) is 1. The summed E-state index contributed by atoms with van der Waals surface area (Å²) in [7, 11) is 0. The number of amides is 1. The third-order valence-electron chi connectivity index (χ3n) is 3.94. The maximum Gasteiger partial charge on any atom is 0.339 e. The van der Waals surface area contributed by atoms with Gasteiger partial charge in [-0.2, -0.15) is 0 Å². The van der Waals surface area contributed by atoms with Crippen molar-refractivity contribution in [2.75, 3.05) is 5.32 Å². The maximum atomic E-state index is 12.4. The fourth-order valence-electron chi connectivity index (χ4n) is 2.58. The molecule has 138 valence electrons. The predicted molar refractivity (Wildman–Crippen MR) is 101 cm³/mol. The summed E-state index contributed by atoms with van der Waals surface area (Å²) in [5, 5.41) is 12.4. The van der Waals surface area contributed by atoms with Crippen molar-refractivity contribution in [2.24, 2.45) is 0 Å². The molecular formula is C19H21NO5S. The molecule has 1 heterocycles. The monoisotopic (exact) mass is 375 g/mol. The average Bonchev–Trinajstić information content (AvgIpc) is 2.90. The van der Waals surface area contributed by atoms with E-state index in [-0.39, 0.29) is 11.3 Å². The first-order valence-electron chi connectivity index (χ1n) is 8.18. The Kier molecular flexibility index (Phi) is 6.15. The summed E-state index contributed by atoms with van der Waals surface area (Å²) >= 11 is 1.24. The smallest absolute Gasteiger partial charge is 0.339 e. The Hall–Kier alpha value is -2.67. The molecule has 1 atom stereocenters. The molecule has 26 heavy (non-hydrogen) atoms. The van der Waals surface area contributed by atoms with Crippen molar-refractivity contribution in [3.8, 4) is 5.75 Å². The largest absolute Gasteiger partial charge is 0.481 e. The number of benzene rings is 1. The fourth-order valence-corrected chi connectivity index (χ4v) is 3.72. The molecule has 2 aromatic rings. The van der Waals surface area contributed by atoms with Crippen molar-refractivity contribution in [3.05, 3.63) is 45.8 Å². The van der Waals surface area contributed by atoms with E-state index in [1.807, 2.05) is 13.8 Å². The van der Waals surface area contributed by atoms with E-state index in [0.29, 0.717) is 22.7 Å². The summed E-state index contributed by atoms with van der Waals surface area (Å²) in [4.78, 5) is 36.3. The molecule has 0 saturated heterocycles. The van der Waals surface area contributed by atoms with Crippen molar-refractivity contribution in [1.82, 2.24) is 0 Å². The molecule has 1 amide bonds. The summed E-state index contributed by atoms with van der Waals surface area (Å²) in [5.41, 5.74) is 1.35. The molecular weight excluding hydrogens is 354 g/mol. The average molecular weight is 375 g/mol. The van der Waals surface area contributed by atoms with Crippen molar-refractivity contribution in [3.63, 3.8) is 0 Å². The van der Waals surface area contributed by atoms with E-state index in [2.05, 4.69) is 5.32 Å². The first-order valence-corrected chi connectivity index (χ1v) is 9.00. The SMILES string of the molecule is CCc1c(C)sc(NC(=O)C(C)Oc2cccc(C(C)=O)c2)c1C(=O)O. The Bertz CT molecular complexity index is 856. The fraction of sp³-hybridized carbons (Fsp3) is 0.316. The van der Waals surface area contributed by atoms with Crippen LogP contribution in [0.1, 0.15) is 51.9 Å². The number of ketones is 1. The number of carboxylic acids is 1. The molecule has 6 nitrogen and oxygen atoms in total. The van der Waals surface area contributed by atoms with Gasteiger partial charge in [0, 0.05) is 10.4 Å². The van der Waals surface area contributed by atoms with Gasteiger partial charge in [-0.05, 0) is 44.9 Å². The topological polar surface area (TPSA) is 92.7 Å². The molecule has 0 saturated carbocycles. The van der Waals surface area contributed by atoms with Crippen LogP contribution in [0, 0.1) is 6.92 Å². The number of carbonyl (C=O) groups is 3. The lowest BCUT2D eigenvalue weighted by Crippen LogP contribution is -2.30. The van der Waals surface area contributed by atoms with Crippen LogP contribution < -0.4 is 10.1 Å². The van der Waals surface area contributed by atoms with Gasteiger partial charge in [0.2, 0.25) is 0 Å². The number of hydrogen-bond acceptors (Lipinski definition) is 5. The van der Waals surface area contributed by atoms with Crippen LogP contribution in [0.15, 0.2) is 24.3 Å². The van der Waals surface area contributed by atoms with E-state index in [1.165, 1.54) is 18.3 Å². The molecule has 0 radical (unpaired) electrons. The minimum atomic E-state index is -1.07. The summed E-state index contributed by atoms with van der Waals surface area (Å²) in [6, 6.07) is 6.57. The standard InChI is InChI=1S/C19H21NO5S/c1-5-15-12(4)26-18(16(15)19(23)24)20-17(22)11(3)25-14-8-6-7-13(9-14)10(2)21/h6-9,11H,5H2,1-4H3,(H,20,22)(H,23,24). The van der Waals surface area contributed by atoms with Crippen LogP contribution in [-0.4, -0.2) is 28.9 Å². The normalized spacial score (nSPS) is 11.7. The molecule has 0 aliphatic carbocycles. The number of hydrogen-bond donors (Lipinski definition) is 2. The highest BCUT2D eigenvalue weighted by Gasteiger charge is 2.24. The van der Waals surface area contributed by atoms with Crippen molar-refractivity contribution < 1.29 is 24.2 Å². The Labute approximate surface area is 155 Å². The Morgan fingerprint density at radius 1 is 1.31 bits per heavy atom. The number of carbonyl (C=O) groups excluding carboxylic acids is 2. The lowest BCUT2D eigenvalue weighted by Gasteiger charge is -2.15. The quantitative estimate of drug-likeness (QED) is 0.716. The van der Waals surface area contributed by atoms with Crippen molar-refractivity contribution >= 4 is 34.0 Å². The van der Waals surface area contributed by atoms with Crippen LogP contribution in [0.4, 0.5) is 5.00 Å². The van der Waals surface area contributed by atoms with Crippen LogP contribution in [0.3, 0.4) is 0 Å². The Balaban J connectivity index is 2.16. The second kappa shape index (κ2) is 8.14. The van der Waals surface area contributed by atoms with Crippen LogP contribution in [0.2, 0.25) is 0 Å². The second-order valence-corrected chi connectivity index (χ2v) is 7.06. The molecule has 0 aliphatic heterocycles. The van der Waals surface area contributed by atoms with Gasteiger partial charge in [-0.25, -0.2) is 4.79 Å². The minimum Gasteiger partial charge on any atom is -0.481 e. The van der Waals surface area contributed by atoms with E-state index in [0.717, 1.165) is 10.4 Å². The summed E-state index contributed by atoms with van der Waals surface area (Å²) in [6.07, 6.45) is -0.282. The second-order valence-electron chi connectivity index (χ2n) is 5.83. The number of aryl methyl sites for hydroxylation is 1. The van der Waals surface area contributed by atoms with Gasteiger partial charge in [0.25, 0.3) is 5.91 Å². The highest BCUT2D eigenvalue weighted by atomic mass is 32.1. The summed E-state index contributed by atoms with van der Waals surface area (Å²) in [6.45, 7) is 6.73. The van der Waals surface area contributed by atoms with Crippen LogP contribution in [0.25, 0.3) is 0 Å². The molecule has 0 bridgehead atoms. The molecule has 2 N–H and O–H groups in total. The van der Waals surface area contributed by atoms with E-state index in [9.17, 15) is 19.5 Å². The van der Waals surface area contributed by atoms with E-state index in [1.54, 1.807) is 31.2 Å². The van der Waals surface area contributed by atoms with Crippen LogP contribution in [0.5, 0.6) is 5.75 Å². The zero-order valence-corrected chi connectivity index (χ0v) is 15.9. The van der Waals surface area contributed by atoms with Gasteiger partial charge in [0.1, 0.15) is 10.8 Å². The highest BCUT2D eigenvalue weighted by molar-refractivity contribution is 7.16. The number of anilines is 1. The molecule has 7 heteroatoms. The number of aromatic carboxylic acids is 1. The zero-order chi connectivity index (χ0) is 19.4. The number of nitrogens with one attached hydrogen (secondary N) is 1. The van der Waals surface area contributed by atoms with E-state index < -0.39 is 18.0 Å². The Morgan fingerprint density at radius 3 is 2.58 bits per heavy atom. The molecule has 0 aliphatic rings. The van der Waals surface area contributed by atoms with Gasteiger partial charge < -0.3 is 15.2 Å². The first kappa shape index (κ1) is 19.7. The van der Waals surface area contributed by atoms with E-state index >= 15 is 0 Å². The Morgan fingerprint density at radius 2 is 2.00 bits per heavy atom. The first-order chi connectivity index (χ1) is 12.2. The van der Waals surface area contributed by atoms with Crippen molar-refractivity contribution in [1.29, 1.82) is 0 Å². The lowest BCUT2D eigenvalue weighted by atomic mass is 10.1. The molecule has 0 fully saturated rings. The van der Waals surface area contributed by atoms with Gasteiger partial charge in [-0.1, -0.05) is 19.1 Å². The molecule has 1 aromatic carbocycles. The minimum absolute atomic E-state index is 0.0974. The number of ether oxygens (including phenoxy) is 1. The molecule has 0 spiro atoms. The number of thiophene rings is 1. The maximum absolute atomic E-state index is 12.4. The third-order valence-corrected chi connectivity index (χ3v) is 5.00. The van der Waals surface area contributed by atoms with Gasteiger partial charge in [-0.15, -0.1) is 11.3 Å². The third kappa shape index (κ3) is 4.29.